The largest absolute Gasteiger partial charge is 0.388 e. The summed E-state index contributed by atoms with van der Waals surface area (Å²) in [7, 11) is 0. The van der Waals surface area contributed by atoms with E-state index in [4.69, 9.17) is 16.3 Å². The smallest absolute Gasteiger partial charge is 0.123 e. The van der Waals surface area contributed by atoms with E-state index in [0.717, 1.165) is 6.42 Å². The third-order valence-electron chi connectivity index (χ3n) is 2.29. The van der Waals surface area contributed by atoms with Crippen molar-refractivity contribution in [2.75, 3.05) is 13.2 Å². The lowest BCUT2D eigenvalue weighted by molar-refractivity contribution is 0.114. The van der Waals surface area contributed by atoms with Gasteiger partial charge >= 0.3 is 0 Å². The van der Waals surface area contributed by atoms with E-state index in [2.05, 4.69) is 0 Å². The van der Waals surface area contributed by atoms with E-state index < -0.39 is 6.10 Å². The Hall–Kier alpha value is -0.640. The average Bonchev–Trinajstić information content (AvgIpc) is 2.27. The molecule has 0 aliphatic heterocycles. The van der Waals surface area contributed by atoms with Crippen LogP contribution in [0.4, 0.5) is 4.39 Å². The molecule has 1 aromatic rings. The van der Waals surface area contributed by atoms with Crippen LogP contribution in [0.1, 0.15) is 31.4 Å². The van der Waals surface area contributed by atoms with Gasteiger partial charge in [0, 0.05) is 23.8 Å². The van der Waals surface area contributed by atoms with Gasteiger partial charge in [-0.3, -0.25) is 0 Å². The van der Waals surface area contributed by atoms with Gasteiger partial charge in [0.15, 0.2) is 0 Å². The summed E-state index contributed by atoms with van der Waals surface area (Å²) < 4.78 is 18.1. The van der Waals surface area contributed by atoms with E-state index in [1.54, 1.807) is 0 Å². The Morgan fingerprint density at radius 2 is 2.25 bits per heavy atom. The molecule has 1 rings (SSSR count). The summed E-state index contributed by atoms with van der Waals surface area (Å²) in [4.78, 5) is 0. The number of halogens is 2. The van der Waals surface area contributed by atoms with Crippen LogP contribution in [-0.4, -0.2) is 18.3 Å². The highest BCUT2D eigenvalue weighted by atomic mass is 35.5. The van der Waals surface area contributed by atoms with Gasteiger partial charge < -0.3 is 9.84 Å². The number of hydrogen-bond donors (Lipinski definition) is 1. The Morgan fingerprint density at radius 1 is 1.50 bits per heavy atom. The zero-order chi connectivity index (χ0) is 12.0. The standard InChI is InChI=1S/C12H16ClFO2/c1-2-16-7-3-4-12(15)10-8-9(14)5-6-11(10)13/h5-6,8,12,15H,2-4,7H2,1H3. The molecule has 0 bridgehead atoms. The van der Waals surface area contributed by atoms with Crippen molar-refractivity contribution in [1.29, 1.82) is 0 Å². The van der Waals surface area contributed by atoms with Crippen molar-refractivity contribution in [3.05, 3.63) is 34.6 Å². The van der Waals surface area contributed by atoms with E-state index in [1.165, 1.54) is 18.2 Å². The first-order valence-corrected chi connectivity index (χ1v) is 5.73. The summed E-state index contributed by atoms with van der Waals surface area (Å²) in [5, 5.41) is 10.2. The minimum Gasteiger partial charge on any atom is -0.388 e. The number of aliphatic hydroxyl groups excluding tert-OH is 1. The van der Waals surface area contributed by atoms with E-state index in [1.807, 2.05) is 6.92 Å². The highest BCUT2D eigenvalue weighted by Crippen LogP contribution is 2.26. The number of hydrogen-bond acceptors (Lipinski definition) is 2. The Bertz CT molecular complexity index is 331. The zero-order valence-corrected chi connectivity index (χ0v) is 10.0. The lowest BCUT2D eigenvalue weighted by Crippen LogP contribution is -2.02. The lowest BCUT2D eigenvalue weighted by atomic mass is 10.1. The predicted octanol–water partition coefficient (Wildman–Crippen LogP) is 3.33. The monoisotopic (exact) mass is 246 g/mol. The molecule has 1 aromatic carbocycles. The predicted molar refractivity (Wildman–Crippen MR) is 62.1 cm³/mol. The van der Waals surface area contributed by atoms with Crippen LogP contribution in [0.15, 0.2) is 18.2 Å². The molecule has 16 heavy (non-hydrogen) atoms. The zero-order valence-electron chi connectivity index (χ0n) is 9.25. The number of ether oxygens (including phenoxy) is 1. The summed E-state index contributed by atoms with van der Waals surface area (Å²) in [6, 6.07) is 4.00. The first kappa shape index (κ1) is 13.4. The minimum absolute atomic E-state index is 0.386. The third-order valence-corrected chi connectivity index (χ3v) is 2.63. The van der Waals surface area contributed by atoms with Gasteiger partial charge in [-0.25, -0.2) is 4.39 Å². The topological polar surface area (TPSA) is 29.5 Å². The molecule has 0 aliphatic carbocycles. The molecule has 0 aromatic heterocycles. The van der Waals surface area contributed by atoms with Crippen LogP contribution in [0.3, 0.4) is 0 Å². The maximum absolute atomic E-state index is 13.0. The Labute approximate surface area is 100.0 Å². The molecular formula is C12H16ClFO2. The first-order valence-electron chi connectivity index (χ1n) is 5.36. The maximum Gasteiger partial charge on any atom is 0.123 e. The minimum atomic E-state index is -0.733. The second kappa shape index (κ2) is 6.84. The molecule has 0 saturated carbocycles. The second-order valence-electron chi connectivity index (χ2n) is 3.52. The van der Waals surface area contributed by atoms with Crippen LogP contribution in [0.2, 0.25) is 5.02 Å². The fourth-order valence-electron chi connectivity index (χ4n) is 1.45. The van der Waals surface area contributed by atoms with Gasteiger partial charge in [-0.05, 0) is 38.0 Å². The molecule has 2 nitrogen and oxygen atoms in total. The van der Waals surface area contributed by atoms with Gasteiger partial charge in [-0.15, -0.1) is 0 Å². The van der Waals surface area contributed by atoms with Crippen molar-refractivity contribution in [1.82, 2.24) is 0 Å². The number of aliphatic hydroxyl groups is 1. The van der Waals surface area contributed by atoms with E-state index in [0.29, 0.717) is 30.2 Å². The maximum atomic E-state index is 13.0. The number of rotatable bonds is 6. The summed E-state index contributed by atoms with van der Waals surface area (Å²) in [6.45, 7) is 3.18. The van der Waals surface area contributed by atoms with Crippen molar-refractivity contribution >= 4 is 11.6 Å². The quantitative estimate of drug-likeness (QED) is 0.781. The first-order chi connectivity index (χ1) is 7.65. The molecule has 4 heteroatoms. The molecular weight excluding hydrogens is 231 g/mol. The van der Waals surface area contributed by atoms with Gasteiger partial charge in [0.25, 0.3) is 0 Å². The van der Waals surface area contributed by atoms with Gasteiger partial charge in [-0.1, -0.05) is 11.6 Å². The van der Waals surface area contributed by atoms with Gasteiger partial charge in [0.1, 0.15) is 5.82 Å². The summed E-state index contributed by atoms with van der Waals surface area (Å²) in [5.41, 5.74) is 0.443. The fourth-order valence-corrected chi connectivity index (χ4v) is 1.69. The molecule has 0 radical (unpaired) electrons. The molecule has 90 valence electrons. The van der Waals surface area contributed by atoms with Crippen molar-refractivity contribution in [3.8, 4) is 0 Å². The highest BCUT2D eigenvalue weighted by Gasteiger charge is 2.12. The van der Waals surface area contributed by atoms with Gasteiger partial charge in [0.2, 0.25) is 0 Å². The Kier molecular flexibility index (Phi) is 5.74. The normalized spacial score (nSPS) is 12.8. The second-order valence-corrected chi connectivity index (χ2v) is 3.93. The van der Waals surface area contributed by atoms with Crippen molar-refractivity contribution in [2.45, 2.75) is 25.9 Å². The van der Waals surface area contributed by atoms with Crippen LogP contribution in [0, 0.1) is 5.82 Å². The SMILES string of the molecule is CCOCCCC(O)c1cc(F)ccc1Cl. The summed E-state index contributed by atoms with van der Waals surface area (Å²) >= 11 is 5.87. The molecule has 0 saturated heterocycles. The van der Waals surface area contributed by atoms with Crippen molar-refractivity contribution in [3.63, 3.8) is 0 Å². The van der Waals surface area contributed by atoms with Crippen LogP contribution in [0.25, 0.3) is 0 Å². The molecule has 1 atom stereocenters. The van der Waals surface area contributed by atoms with Crippen molar-refractivity contribution < 1.29 is 14.2 Å². The highest BCUT2D eigenvalue weighted by molar-refractivity contribution is 6.31. The lowest BCUT2D eigenvalue weighted by Gasteiger charge is -2.12. The summed E-state index contributed by atoms with van der Waals surface area (Å²) in [5.74, 6) is -0.386. The van der Waals surface area contributed by atoms with E-state index in [-0.39, 0.29) is 5.82 Å². The number of benzene rings is 1. The average molecular weight is 247 g/mol. The molecule has 0 amide bonds. The Balaban J connectivity index is 2.51. The third kappa shape index (κ3) is 4.08. The van der Waals surface area contributed by atoms with Crippen LogP contribution in [-0.2, 0) is 4.74 Å². The van der Waals surface area contributed by atoms with E-state index >= 15 is 0 Å². The fraction of sp³-hybridized carbons (Fsp3) is 0.500. The molecule has 0 aliphatic rings. The van der Waals surface area contributed by atoms with Gasteiger partial charge in [0.05, 0.1) is 6.10 Å². The van der Waals surface area contributed by atoms with Crippen LogP contribution in [0.5, 0.6) is 0 Å². The van der Waals surface area contributed by atoms with Gasteiger partial charge in [-0.2, -0.15) is 0 Å². The molecule has 0 spiro atoms. The van der Waals surface area contributed by atoms with E-state index in [9.17, 15) is 9.50 Å². The molecule has 1 N–H and O–H groups in total. The summed E-state index contributed by atoms with van der Waals surface area (Å²) in [6.07, 6.45) is 0.508. The molecule has 0 heterocycles. The van der Waals surface area contributed by atoms with Crippen LogP contribution >= 0.6 is 11.6 Å². The van der Waals surface area contributed by atoms with Crippen molar-refractivity contribution in [2.24, 2.45) is 0 Å². The molecule has 0 fully saturated rings. The van der Waals surface area contributed by atoms with Crippen LogP contribution < -0.4 is 0 Å². The molecule has 1 unspecified atom stereocenters. The Morgan fingerprint density at radius 3 is 2.94 bits per heavy atom.